The summed E-state index contributed by atoms with van der Waals surface area (Å²) in [5.41, 5.74) is 5.38. The van der Waals surface area contributed by atoms with Crippen LogP contribution in [0.3, 0.4) is 0 Å². The number of rotatable bonds is 5. The summed E-state index contributed by atoms with van der Waals surface area (Å²) in [6.45, 7) is 6.14. The maximum absolute atomic E-state index is 13.4. The first-order valence-corrected chi connectivity index (χ1v) is 9.77. The lowest BCUT2D eigenvalue weighted by atomic mass is 10.0. The van der Waals surface area contributed by atoms with Crippen LogP contribution in [0.25, 0.3) is 11.5 Å². The molecule has 0 atom stereocenters. The third-order valence-electron chi connectivity index (χ3n) is 4.82. The van der Waals surface area contributed by atoms with E-state index in [-0.39, 0.29) is 5.76 Å². The van der Waals surface area contributed by atoms with Gasteiger partial charge >= 0.3 is 0 Å². The second-order valence-electron chi connectivity index (χ2n) is 6.72. The predicted octanol–water partition coefficient (Wildman–Crippen LogP) is 4.28. The van der Waals surface area contributed by atoms with Crippen molar-refractivity contribution in [1.29, 1.82) is 0 Å². The van der Waals surface area contributed by atoms with E-state index in [1.807, 2.05) is 80.8 Å². The third-order valence-corrected chi connectivity index (χ3v) is 5.11. The SMILES string of the molecule is CCc1ccccc1NC(=S)C(=C([O-])c1ccc(C)c(C)c1)[n+]1ccccc1. The first-order chi connectivity index (χ1) is 13.5. The number of hydrogen-bond donors (Lipinski definition) is 1. The number of nitrogens with one attached hydrogen (secondary N) is 1. The molecule has 0 radical (unpaired) electrons. The summed E-state index contributed by atoms with van der Waals surface area (Å²) in [5, 5.41) is 16.7. The highest BCUT2D eigenvalue weighted by Crippen LogP contribution is 2.21. The number of para-hydroxylation sites is 1. The highest BCUT2D eigenvalue weighted by Gasteiger charge is 2.19. The minimum atomic E-state index is -0.106. The molecule has 0 aliphatic rings. The van der Waals surface area contributed by atoms with E-state index < -0.39 is 0 Å². The van der Waals surface area contributed by atoms with Gasteiger partial charge in [0.25, 0.3) is 0 Å². The largest absolute Gasteiger partial charge is 0.867 e. The molecule has 1 heterocycles. The first kappa shape index (κ1) is 19.8. The number of aromatic nitrogens is 1. The lowest BCUT2D eigenvalue weighted by Gasteiger charge is -2.18. The standard InChI is InChI=1S/C24H24N2OS/c1-4-19-10-6-7-11-21(19)25-24(28)22(26-14-8-5-9-15-26)23(27)20-13-12-17(2)18(3)16-20/h5-16H,4H2,1-3H3,(H-,25,27,28). The molecule has 4 heteroatoms. The smallest absolute Gasteiger partial charge is 0.238 e. The molecule has 2 aromatic carbocycles. The molecule has 28 heavy (non-hydrogen) atoms. The number of benzene rings is 2. The van der Waals surface area contributed by atoms with Crippen LogP contribution in [-0.4, -0.2) is 4.99 Å². The van der Waals surface area contributed by atoms with Crippen LogP contribution in [0.1, 0.15) is 29.2 Å². The van der Waals surface area contributed by atoms with Crippen LogP contribution in [0.2, 0.25) is 0 Å². The van der Waals surface area contributed by atoms with Crippen LogP contribution in [0.5, 0.6) is 0 Å². The van der Waals surface area contributed by atoms with Gasteiger partial charge in [-0.15, -0.1) is 0 Å². The number of aryl methyl sites for hydroxylation is 3. The molecule has 142 valence electrons. The van der Waals surface area contributed by atoms with Crippen molar-refractivity contribution in [2.24, 2.45) is 0 Å². The Bertz CT molecular complexity index is 1030. The highest BCUT2D eigenvalue weighted by molar-refractivity contribution is 7.81. The zero-order valence-corrected chi connectivity index (χ0v) is 17.2. The van der Waals surface area contributed by atoms with Crippen molar-refractivity contribution in [2.45, 2.75) is 27.2 Å². The maximum Gasteiger partial charge on any atom is 0.238 e. The minimum absolute atomic E-state index is 0.106. The summed E-state index contributed by atoms with van der Waals surface area (Å²) in [7, 11) is 0. The van der Waals surface area contributed by atoms with Crippen molar-refractivity contribution < 1.29 is 9.67 Å². The fourth-order valence-corrected chi connectivity index (χ4v) is 3.34. The minimum Gasteiger partial charge on any atom is -0.867 e. The lowest BCUT2D eigenvalue weighted by Crippen LogP contribution is -2.39. The molecule has 3 rings (SSSR count). The Morgan fingerprint density at radius 2 is 1.68 bits per heavy atom. The van der Waals surface area contributed by atoms with Gasteiger partial charge in [0.2, 0.25) is 5.70 Å². The molecule has 0 aliphatic carbocycles. The molecular formula is C24H24N2OS. The number of nitrogens with zero attached hydrogens (tertiary/aromatic N) is 1. The van der Waals surface area contributed by atoms with Crippen LogP contribution >= 0.6 is 12.2 Å². The Labute approximate surface area is 172 Å². The highest BCUT2D eigenvalue weighted by atomic mass is 32.1. The average molecular weight is 389 g/mol. The fourth-order valence-electron chi connectivity index (χ4n) is 3.04. The van der Waals surface area contributed by atoms with Crippen LogP contribution in [-0.2, 0) is 6.42 Å². The zero-order chi connectivity index (χ0) is 20.1. The van der Waals surface area contributed by atoms with Gasteiger partial charge in [-0.25, -0.2) is 0 Å². The van der Waals surface area contributed by atoms with Gasteiger partial charge in [-0.3, -0.25) is 0 Å². The predicted molar refractivity (Wildman–Crippen MR) is 118 cm³/mol. The Hall–Kier alpha value is -2.98. The molecule has 0 fully saturated rings. The lowest BCUT2D eigenvalue weighted by molar-refractivity contribution is -0.577. The summed E-state index contributed by atoms with van der Waals surface area (Å²) in [5.74, 6) is -0.106. The van der Waals surface area contributed by atoms with E-state index in [0.29, 0.717) is 16.2 Å². The Morgan fingerprint density at radius 3 is 2.36 bits per heavy atom. The van der Waals surface area contributed by atoms with Crippen molar-refractivity contribution in [3.05, 3.63) is 95.3 Å². The molecule has 1 N–H and O–H groups in total. The molecule has 0 unspecified atom stereocenters. The molecule has 0 bridgehead atoms. The molecule has 0 amide bonds. The molecule has 0 saturated heterocycles. The second-order valence-corrected chi connectivity index (χ2v) is 7.13. The molecule has 0 spiro atoms. The first-order valence-electron chi connectivity index (χ1n) is 9.36. The van der Waals surface area contributed by atoms with E-state index in [4.69, 9.17) is 12.2 Å². The van der Waals surface area contributed by atoms with Gasteiger partial charge in [0.15, 0.2) is 17.4 Å². The normalized spacial score (nSPS) is 11.7. The summed E-state index contributed by atoms with van der Waals surface area (Å²) < 4.78 is 1.78. The van der Waals surface area contributed by atoms with Crippen LogP contribution in [0, 0.1) is 13.8 Å². The van der Waals surface area contributed by atoms with E-state index in [0.717, 1.165) is 28.8 Å². The molecule has 0 saturated carbocycles. The van der Waals surface area contributed by atoms with Crippen molar-refractivity contribution in [3.8, 4) is 0 Å². The topological polar surface area (TPSA) is 39.0 Å². The Kier molecular flexibility index (Phi) is 6.22. The van der Waals surface area contributed by atoms with E-state index in [1.165, 1.54) is 0 Å². The van der Waals surface area contributed by atoms with Gasteiger partial charge in [-0.1, -0.05) is 61.6 Å². The van der Waals surface area contributed by atoms with Crippen LogP contribution < -0.4 is 15.0 Å². The Morgan fingerprint density at radius 1 is 0.964 bits per heavy atom. The molecular weight excluding hydrogens is 364 g/mol. The van der Waals surface area contributed by atoms with E-state index >= 15 is 0 Å². The third kappa shape index (κ3) is 4.29. The summed E-state index contributed by atoms with van der Waals surface area (Å²) >= 11 is 5.69. The zero-order valence-electron chi connectivity index (χ0n) is 16.4. The fraction of sp³-hybridized carbons (Fsp3) is 0.167. The second kappa shape index (κ2) is 8.81. The van der Waals surface area contributed by atoms with Crippen LogP contribution in [0.4, 0.5) is 5.69 Å². The summed E-state index contributed by atoms with van der Waals surface area (Å²) in [6, 6.07) is 19.4. The van der Waals surface area contributed by atoms with Gasteiger partial charge in [-0.05, 0) is 54.3 Å². The molecule has 3 nitrogen and oxygen atoms in total. The maximum atomic E-state index is 13.4. The van der Waals surface area contributed by atoms with E-state index in [2.05, 4.69) is 18.3 Å². The van der Waals surface area contributed by atoms with Gasteiger partial charge in [-0.2, -0.15) is 4.57 Å². The Balaban J connectivity index is 2.09. The van der Waals surface area contributed by atoms with E-state index in [1.54, 1.807) is 4.57 Å². The van der Waals surface area contributed by atoms with Crippen molar-refractivity contribution in [1.82, 2.24) is 0 Å². The van der Waals surface area contributed by atoms with Gasteiger partial charge in [0, 0.05) is 17.8 Å². The summed E-state index contributed by atoms with van der Waals surface area (Å²) in [6.07, 6.45) is 4.56. The summed E-state index contributed by atoms with van der Waals surface area (Å²) in [4.78, 5) is 0.403. The average Bonchev–Trinajstić information content (AvgIpc) is 2.71. The molecule has 3 aromatic rings. The number of pyridine rings is 1. The molecule has 0 aliphatic heterocycles. The van der Waals surface area contributed by atoms with E-state index in [9.17, 15) is 5.11 Å². The number of thiocarbonyl (C=S) groups is 1. The van der Waals surface area contributed by atoms with Crippen molar-refractivity contribution in [2.75, 3.05) is 5.32 Å². The van der Waals surface area contributed by atoms with Crippen LogP contribution in [0.15, 0.2) is 73.1 Å². The number of anilines is 1. The van der Waals surface area contributed by atoms with Crippen molar-refractivity contribution in [3.63, 3.8) is 0 Å². The number of hydrogen-bond acceptors (Lipinski definition) is 2. The molecule has 1 aromatic heterocycles. The van der Waals surface area contributed by atoms with Crippen molar-refractivity contribution >= 4 is 34.3 Å². The van der Waals surface area contributed by atoms with Gasteiger partial charge in [0.1, 0.15) is 0 Å². The van der Waals surface area contributed by atoms with Gasteiger partial charge < -0.3 is 10.4 Å². The quantitative estimate of drug-likeness (QED) is 0.307. The van der Waals surface area contributed by atoms with Gasteiger partial charge in [0.05, 0.1) is 0 Å². The monoisotopic (exact) mass is 388 g/mol.